The molecule has 0 amide bonds. The quantitative estimate of drug-likeness (QED) is 0.888. The van der Waals surface area contributed by atoms with Gasteiger partial charge in [0, 0.05) is 22.0 Å². The fourth-order valence-corrected chi connectivity index (χ4v) is 2.82. The monoisotopic (exact) mass is 235 g/mol. The van der Waals surface area contributed by atoms with E-state index in [0.717, 1.165) is 5.69 Å². The number of hydrogen-bond acceptors (Lipinski definition) is 3. The SMILES string of the molecule is Cc1ccc(C(CN)n2cnc(C)c2C)s1. The summed E-state index contributed by atoms with van der Waals surface area (Å²) in [6.45, 7) is 6.84. The largest absolute Gasteiger partial charge is 0.328 e. The Morgan fingerprint density at radius 1 is 1.38 bits per heavy atom. The minimum Gasteiger partial charge on any atom is -0.328 e. The average molecular weight is 235 g/mol. The first-order valence-electron chi connectivity index (χ1n) is 5.40. The van der Waals surface area contributed by atoms with Gasteiger partial charge in [0.2, 0.25) is 0 Å². The van der Waals surface area contributed by atoms with Gasteiger partial charge in [0.1, 0.15) is 0 Å². The molecule has 16 heavy (non-hydrogen) atoms. The topological polar surface area (TPSA) is 43.8 Å². The molecule has 86 valence electrons. The lowest BCUT2D eigenvalue weighted by atomic mass is 10.2. The highest BCUT2D eigenvalue weighted by Crippen LogP contribution is 2.26. The number of thiophene rings is 1. The summed E-state index contributed by atoms with van der Waals surface area (Å²) >= 11 is 1.80. The van der Waals surface area contributed by atoms with Crippen LogP contribution in [0.5, 0.6) is 0 Å². The maximum atomic E-state index is 5.88. The Kier molecular flexibility index (Phi) is 3.12. The third-order valence-corrected chi connectivity index (χ3v) is 4.04. The standard InChI is InChI=1S/C12H17N3S/c1-8-4-5-12(16-8)11(6-13)15-7-14-9(2)10(15)3/h4-5,7,11H,6,13H2,1-3H3. The van der Waals surface area contributed by atoms with Crippen molar-refractivity contribution in [3.8, 4) is 0 Å². The van der Waals surface area contributed by atoms with Crippen LogP contribution in [0, 0.1) is 20.8 Å². The number of hydrogen-bond donors (Lipinski definition) is 1. The van der Waals surface area contributed by atoms with Gasteiger partial charge in [-0.05, 0) is 32.9 Å². The zero-order valence-corrected chi connectivity index (χ0v) is 10.7. The summed E-state index contributed by atoms with van der Waals surface area (Å²) in [4.78, 5) is 6.96. The fourth-order valence-electron chi connectivity index (χ4n) is 1.83. The van der Waals surface area contributed by atoms with Crippen LogP contribution in [-0.2, 0) is 0 Å². The molecule has 2 N–H and O–H groups in total. The smallest absolute Gasteiger partial charge is 0.0957 e. The molecule has 4 heteroatoms. The Bertz CT molecular complexity index is 484. The Morgan fingerprint density at radius 2 is 2.12 bits per heavy atom. The maximum Gasteiger partial charge on any atom is 0.0957 e. The molecule has 1 atom stereocenters. The number of imidazole rings is 1. The first kappa shape index (κ1) is 11.4. The molecule has 0 bridgehead atoms. The molecular formula is C12H17N3S. The lowest BCUT2D eigenvalue weighted by Gasteiger charge is -2.16. The minimum atomic E-state index is 0.222. The molecule has 0 aliphatic heterocycles. The predicted octanol–water partition coefficient (Wildman–Crippen LogP) is 2.42. The van der Waals surface area contributed by atoms with Gasteiger partial charge in [0.05, 0.1) is 18.1 Å². The third-order valence-electron chi connectivity index (χ3n) is 2.94. The van der Waals surface area contributed by atoms with E-state index in [1.54, 1.807) is 11.3 Å². The fraction of sp³-hybridized carbons (Fsp3) is 0.417. The van der Waals surface area contributed by atoms with Crippen molar-refractivity contribution in [3.63, 3.8) is 0 Å². The first-order valence-corrected chi connectivity index (χ1v) is 6.21. The van der Waals surface area contributed by atoms with Crippen LogP contribution in [-0.4, -0.2) is 16.1 Å². The molecule has 0 fully saturated rings. The number of nitrogens with zero attached hydrogens (tertiary/aromatic N) is 2. The second-order valence-corrected chi connectivity index (χ2v) is 5.34. The van der Waals surface area contributed by atoms with Crippen molar-refractivity contribution in [1.82, 2.24) is 9.55 Å². The minimum absolute atomic E-state index is 0.222. The Balaban J connectivity index is 2.40. The van der Waals surface area contributed by atoms with Crippen molar-refractivity contribution in [1.29, 1.82) is 0 Å². The van der Waals surface area contributed by atoms with E-state index in [1.165, 1.54) is 15.4 Å². The molecule has 0 saturated heterocycles. The van der Waals surface area contributed by atoms with Gasteiger partial charge in [-0.3, -0.25) is 0 Å². The molecule has 0 saturated carbocycles. The van der Waals surface area contributed by atoms with Gasteiger partial charge in [0.25, 0.3) is 0 Å². The number of nitrogens with two attached hydrogens (primary N) is 1. The van der Waals surface area contributed by atoms with Gasteiger partial charge in [-0.2, -0.15) is 0 Å². The van der Waals surface area contributed by atoms with E-state index in [2.05, 4.69) is 35.5 Å². The Morgan fingerprint density at radius 3 is 2.56 bits per heavy atom. The molecule has 0 aliphatic rings. The summed E-state index contributed by atoms with van der Waals surface area (Å²) in [6.07, 6.45) is 1.89. The van der Waals surface area contributed by atoms with Crippen LogP contribution in [0.2, 0.25) is 0 Å². The van der Waals surface area contributed by atoms with Gasteiger partial charge >= 0.3 is 0 Å². The van der Waals surface area contributed by atoms with Crippen molar-refractivity contribution >= 4 is 11.3 Å². The summed E-state index contributed by atoms with van der Waals surface area (Å²) in [5.41, 5.74) is 8.15. The van der Waals surface area contributed by atoms with Crippen molar-refractivity contribution in [2.45, 2.75) is 26.8 Å². The van der Waals surface area contributed by atoms with Crippen molar-refractivity contribution in [2.75, 3.05) is 6.54 Å². The number of aryl methyl sites for hydroxylation is 2. The Labute approximate surface area is 99.9 Å². The summed E-state index contributed by atoms with van der Waals surface area (Å²) in [5.74, 6) is 0. The number of rotatable bonds is 3. The molecule has 0 aliphatic carbocycles. The molecular weight excluding hydrogens is 218 g/mol. The summed E-state index contributed by atoms with van der Waals surface area (Å²) in [7, 11) is 0. The summed E-state index contributed by atoms with van der Waals surface area (Å²) < 4.78 is 2.17. The van der Waals surface area contributed by atoms with Gasteiger partial charge in [-0.15, -0.1) is 11.3 Å². The van der Waals surface area contributed by atoms with E-state index >= 15 is 0 Å². The van der Waals surface area contributed by atoms with Crippen LogP contribution in [0.25, 0.3) is 0 Å². The molecule has 0 spiro atoms. The highest BCUT2D eigenvalue weighted by Gasteiger charge is 2.16. The van der Waals surface area contributed by atoms with Crippen LogP contribution in [0.4, 0.5) is 0 Å². The molecule has 2 rings (SSSR count). The lowest BCUT2D eigenvalue weighted by molar-refractivity contribution is 0.590. The molecule has 2 aromatic rings. The molecule has 1 unspecified atom stereocenters. The molecule has 0 aromatic carbocycles. The second kappa shape index (κ2) is 4.39. The summed E-state index contributed by atoms with van der Waals surface area (Å²) in [6, 6.07) is 4.52. The molecule has 0 radical (unpaired) electrons. The molecule has 2 heterocycles. The van der Waals surface area contributed by atoms with Crippen molar-refractivity contribution in [3.05, 3.63) is 39.6 Å². The average Bonchev–Trinajstić information content (AvgIpc) is 2.81. The second-order valence-electron chi connectivity index (χ2n) is 4.02. The van der Waals surface area contributed by atoms with E-state index in [4.69, 9.17) is 5.73 Å². The summed E-state index contributed by atoms with van der Waals surface area (Å²) in [5, 5.41) is 0. The zero-order chi connectivity index (χ0) is 11.7. The third kappa shape index (κ3) is 1.90. The zero-order valence-electron chi connectivity index (χ0n) is 9.90. The van der Waals surface area contributed by atoms with Gasteiger partial charge in [-0.25, -0.2) is 4.98 Å². The van der Waals surface area contributed by atoms with E-state index in [0.29, 0.717) is 6.54 Å². The van der Waals surface area contributed by atoms with E-state index < -0.39 is 0 Å². The molecule has 2 aromatic heterocycles. The van der Waals surface area contributed by atoms with Gasteiger partial charge in [0.15, 0.2) is 0 Å². The van der Waals surface area contributed by atoms with Crippen LogP contribution in [0.15, 0.2) is 18.5 Å². The van der Waals surface area contributed by atoms with E-state index in [9.17, 15) is 0 Å². The van der Waals surface area contributed by atoms with E-state index in [1.807, 2.05) is 13.3 Å². The van der Waals surface area contributed by atoms with Crippen LogP contribution in [0.1, 0.15) is 27.2 Å². The van der Waals surface area contributed by atoms with Crippen LogP contribution in [0.3, 0.4) is 0 Å². The highest BCUT2D eigenvalue weighted by molar-refractivity contribution is 7.12. The number of aromatic nitrogens is 2. The normalized spacial score (nSPS) is 13.0. The predicted molar refractivity (Wildman–Crippen MR) is 68.0 cm³/mol. The highest BCUT2D eigenvalue weighted by atomic mass is 32.1. The van der Waals surface area contributed by atoms with Gasteiger partial charge in [-0.1, -0.05) is 0 Å². The maximum absolute atomic E-state index is 5.88. The van der Waals surface area contributed by atoms with Crippen LogP contribution < -0.4 is 5.73 Å². The van der Waals surface area contributed by atoms with Gasteiger partial charge < -0.3 is 10.3 Å². The van der Waals surface area contributed by atoms with E-state index in [-0.39, 0.29) is 6.04 Å². The Hall–Kier alpha value is -1.13. The van der Waals surface area contributed by atoms with Crippen molar-refractivity contribution < 1.29 is 0 Å². The first-order chi connectivity index (χ1) is 7.63. The van der Waals surface area contributed by atoms with Crippen molar-refractivity contribution in [2.24, 2.45) is 5.73 Å². The lowest BCUT2D eigenvalue weighted by Crippen LogP contribution is -2.19. The van der Waals surface area contributed by atoms with Crippen LogP contribution >= 0.6 is 11.3 Å². The molecule has 3 nitrogen and oxygen atoms in total.